The molecule has 1 N–H and O–H groups in total. The SMILES string of the molecule is Cc1ccc(C=NNC(=O)c2cc(-c3ccccc3)n(-c3ccccc3)n2)cc1. The van der Waals surface area contributed by atoms with E-state index in [0.29, 0.717) is 5.69 Å². The summed E-state index contributed by atoms with van der Waals surface area (Å²) < 4.78 is 1.77. The maximum atomic E-state index is 12.6. The number of amides is 1. The topological polar surface area (TPSA) is 59.3 Å². The molecule has 1 amide bonds. The third-order valence-corrected chi connectivity index (χ3v) is 4.47. The Morgan fingerprint density at radius 3 is 2.28 bits per heavy atom. The highest BCUT2D eigenvalue weighted by Crippen LogP contribution is 2.23. The first-order valence-corrected chi connectivity index (χ1v) is 9.32. The molecule has 0 aliphatic rings. The van der Waals surface area contributed by atoms with E-state index in [2.05, 4.69) is 15.6 Å². The molecule has 0 fully saturated rings. The highest BCUT2D eigenvalue weighted by Gasteiger charge is 2.16. The van der Waals surface area contributed by atoms with Gasteiger partial charge in [0.1, 0.15) is 0 Å². The molecule has 29 heavy (non-hydrogen) atoms. The van der Waals surface area contributed by atoms with Crippen molar-refractivity contribution in [3.8, 4) is 16.9 Å². The lowest BCUT2D eigenvalue weighted by molar-refractivity contribution is 0.0949. The molecular formula is C24H20N4O. The first-order valence-electron chi connectivity index (χ1n) is 9.32. The Morgan fingerprint density at radius 1 is 0.931 bits per heavy atom. The fraction of sp³-hybridized carbons (Fsp3) is 0.0417. The molecule has 4 aromatic rings. The van der Waals surface area contributed by atoms with E-state index >= 15 is 0 Å². The maximum absolute atomic E-state index is 12.6. The summed E-state index contributed by atoms with van der Waals surface area (Å²) >= 11 is 0. The van der Waals surface area contributed by atoms with Gasteiger partial charge in [-0.05, 0) is 30.7 Å². The van der Waals surface area contributed by atoms with Crippen LogP contribution in [0.4, 0.5) is 0 Å². The summed E-state index contributed by atoms with van der Waals surface area (Å²) in [6.07, 6.45) is 1.61. The molecule has 0 aliphatic carbocycles. The van der Waals surface area contributed by atoms with Crippen molar-refractivity contribution < 1.29 is 4.79 Å². The summed E-state index contributed by atoms with van der Waals surface area (Å²) in [7, 11) is 0. The van der Waals surface area contributed by atoms with Crippen LogP contribution >= 0.6 is 0 Å². The summed E-state index contributed by atoms with van der Waals surface area (Å²) in [5.74, 6) is -0.361. The van der Waals surface area contributed by atoms with Gasteiger partial charge in [-0.15, -0.1) is 0 Å². The van der Waals surface area contributed by atoms with Crippen LogP contribution in [0, 0.1) is 6.92 Å². The minimum atomic E-state index is -0.361. The van der Waals surface area contributed by atoms with Crippen molar-refractivity contribution in [1.29, 1.82) is 0 Å². The number of nitrogens with zero attached hydrogens (tertiary/aromatic N) is 3. The van der Waals surface area contributed by atoms with E-state index in [1.165, 1.54) is 5.56 Å². The van der Waals surface area contributed by atoms with Gasteiger partial charge in [0, 0.05) is 5.56 Å². The minimum Gasteiger partial charge on any atom is -0.265 e. The molecule has 142 valence electrons. The van der Waals surface area contributed by atoms with Gasteiger partial charge in [-0.25, -0.2) is 10.1 Å². The minimum absolute atomic E-state index is 0.300. The molecule has 0 radical (unpaired) electrons. The quantitative estimate of drug-likeness (QED) is 0.406. The number of hydrogen-bond donors (Lipinski definition) is 1. The van der Waals surface area contributed by atoms with Crippen LogP contribution in [0.15, 0.2) is 96.1 Å². The lowest BCUT2D eigenvalue weighted by Gasteiger charge is -2.07. The van der Waals surface area contributed by atoms with E-state index in [4.69, 9.17) is 0 Å². The monoisotopic (exact) mass is 380 g/mol. The van der Waals surface area contributed by atoms with Crippen molar-refractivity contribution in [3.05, 3.63) is 108 Å². The molecule has 0 saturated carbocycles. The highest BCUT2D eigenvalue weighted by atomic mass is 16.2. The number of benzene rings is 3. The molecule has 0 bridgehead atoms. The van der Waals surface area contributed by atoms with E-state index in [1.807, 2.05) is 91.9 Å². The lowest BCUT2D eigenvalue weighted by Crippen LogP contribution is -2.18. The number of aromatic nitrogens is 2. The molecule has 5 heteroatoms. The fourth-order valence-electron chi connectivity index (χ4n) is 2.95. The summed E-state index contributed by atoms with van der Waals surface area (Å²) in [6.45, 7) is 2.02. The smallest absolute Gasteiger partial charge is 0.265 e. The zero-order valence-corrected chi connectivity index (χ0v) is 16.0. The van der Waals surface area contributed by atoms with Gasteiger partial charge in [0.2, 0.25) is 0 Å². The van der Waals surface area contributed by atoms with Crippen molar-refractivity contribution in [2.75, 3.05) is 0 Å². The fourth-order valence-corrected chi connectivity index (χ4v) is 2.95. The van der Waals surface area contributed by atoms with Crippen LogP contribution in [0.3, 0.4) is 0 Å². The first kappa shape index (κ1) is 18.4. The van der Waals surface area contributed by atoms with Gasteiger partial charge in [-0.3, -0.25) is 4.79 Å². The predicted octanol–water partition coefficient (Wildman–Crippen LogP) is 4.61. The van der Waals surface area contributed by atoms with Gasteiger partial charge in [0.05, 0.1) is 17.6 Å². The van der Waals surface area contributed by atoms with E-state index in [-0.39, 0.29) is 5.91 Å². The van der Waals surface area contributed by atoms with Gasteiger partial charge < -0.3 is 0 Å². The zero-order valence-electron chi connectivity index (χ0n) is 16.0. The first-order chi connectivity index (χ1) is 14.2. The molecule has 4 rings (SSSR count). The predicted molar refractivity (Wildman–Crippen MR) is 115 cm³/mol. The van der Waals surface area contributed by atoms with Crippen molar-refractivity contribution in [2.24, 2.45) is 5.10 Å². The van der Waals surface area contributed by atoms with Crippen LogP contribution in [-0.4, -0.2) is 21.9 Å². The number of hydrogen-bond acceptors (Lipinski definition) is 3. The summed E-state index contributed by atoms with van der Waals surface area (Å²) in [5.41, 5.74) is 7.64. The second-order valence-electron chi connectivity index (χ2n) is 6.64. The maximum Gasteiger partial charge on any atom is 0.291 e. The summed E-state index contributed by atoms with van der Waals surface area (Å²) in [5, 5.41) is 8.58. The van der Waals surface area contributed by atoms with Crippen molar-refractivity contribution in [2.45, 2.75) is 6.92 Å². The van der Waals surface area contributed by atoms with E-state index in [0.717, 1.165) is 22.5 Å². The Balaban J connectivity index is 1.61. The van der Waals surface area contributed by atoms with E-state index in [1.54, 1.807) is 17.0 Å². The molecule has 0 spiro atoms. The van der Waals surface area contributed by atoms with Crippen molar-refractivity contribution in [1.82, 2.24) is 15.2 Å². The van der Waals surface area contributed by atoms with Crippen LogP contribution < -0.4 is 5.43 Å². The van der Waals surface area contributed by atoms with E-state index < -0.39 is 0 Å². The van der Waals surface area contributed by atoms with Gasteiger partial charge >= 0.3 is 0 Å². The molecule has 0 atom stereocenters. The number of hydrazone groups is 1. The second-order valence-corrected chi connectivity index (χ2v) is 6.64. The van der Waals surface area contributed by atoms with Gasteiger partial charge in [0.15, 0.2) is 5.69 Å². The third-order valence-electron chi connectivity index (χ3n) is 4.47. The zero-order chi connectivity index (χ0) is 20.1. The average molecular weight is 380 g/mol. The van der Waals surface area contributed by atoms with Gasteiger partial charge in [0.25, 0.3) is 5.91 Å². The highest BCUT2D eigenvalue weighted by molar-refractivity contribution is 5.94. The van der Waals surface area contributed by atoms with Crippen LogP contribution in [-0.2, 0) is 0 Å². The molecule has 0 aliphatic heterocycles. The number of nitrogens with one attached hydrogen (secondary N) is 1. The van der Waals surface area contributed by atoms with Crippen LogP contribution in [0.2, 0.25) is 0 Å². The van der Waals surface area contributed by atoms with Crippen LogP contribution in [0.5, 0.6) is 0 Å². The number of carbonyl (C=O) groups is 1. The Morgan fingerprint density at radius 2 is 1.59 bits per heavy atom. The molecule has 5 nitrogen and oxygen atoms in total. The Hall–Kier alpha value is -3.99. The standard InChI is InChI=1S/C24H20N4O/c1-18-12-14-19(15-13-18)17-25-26-24(29)22-16-23(20-8-4-2-5-9-20)28(27-22)21-10-6-3-7-11-21/h2-17H,1H3,(H,26,29). The van der Waals surface area contributed by atoms with Crippen LogP contribution in [0.25, 0.3) is 16.9 Å². The summed E-state index contributed by atoms with van der Waals surface area (Å²) in [4.78, 5) is 12.6. The van der Waals surface area contributed by atoms with Gasteiger partial charge in [-0.1, -0.05) is 78.4 Å². The number of para-hydroxylation sites is 1. The number of carbonyl (C=O) groups excluding carboxylic acids is 1. The van der Waals surface area contributed by atoms with Crippen LogP contribution in [0.1, 0.15) is 21.6 Å². The van der Waals surface area contributed by atoms with E-state index in [9.17, 15) is 4.79 Å². The molecule has 1 aromatic heterocycles. The van der Waals surface area contributed by atoms with Crippen molar-refractivity contribution >= 4 is 12.1 Å². The Bertz CT molecular complexity index is 1070. The lowest BCUT2D eigenvalue weighted by atomic mass is 10.1. The molecule has 3 aromatic carbocycles. The molecule has 1 heterocycles. The molecule has 0 saturated heterocycles. The van der Waals surface area contributed by atoms with Gasteiger partial charge in [-0.2, -0.15) is 10.2 Å². The molecular weight excluding hydrogens is 360 g/mol. The molecule has 0 unspecified atom stereocenters. The number of rotatable bonds is 5. The normalized spacial score (nSPS) is 10.9. The second kappa shape index (κ2) is 8.35. The third kappa shape index (κ3) is 4.30. The average Bonchev–Trinajstić information content (AvgIpc) is 3.22. The summed E-state index contributed by atoms with van der Waals surface area (Å²) in [6, 6.07) is 29.3. The van der Waals surface area contributed by atoms with Crippen molar-refractivity contribution in [3.63, 3.8) is 0 Å². The Kier molecular flexibility index (Phi) is 5.29. The number of aryl methyl sites for hydroxylation is 1. The Labute approximate surface area is 169 Å². The largest absolute Gasteiger partial charge is 0.291 e.